The van der Waals surface area contributed by atoms with E-state index in [1.165, 1.54) is 0 Å². The smallest absolute Gasteiger partial charge is 0.253 e. The third-order valence-electron chi connectivity index (χ3n) is 3.67. The Balaban J connectivity index is 2.12. The molecule has 2 aromatic rings. The van der Waals surface area contributed by atoms with Gasteiger partial charge in [0.25, 0.3) is 5.91 Å². The number of fused-ring (bicyclic) bond motifs is 1. The Morgan fingerprint density at radius 1 is 1.50 bits per heavy atom. The molecular formula is C15H19BrN2O2. The van der Waals surface area contributed by atoms with Gasteiger partial charge in [0, 0.05) is 28.1 Å². The molecule has 108 valence electrons. The van der Waals surface area contributed by atoms with Gasteiger partial charge in [-0.2, -0.15) is 0 Å². The van der Waals surface area contributed by atoms with Gasteiger partial charge >= 0.3 is 0 Å². The van der Waals surface area contributed by atoms with Gasteiger partial charge in [-0.25, -0.2) is 0 Å². The van der Waals surface area contributed by atoms with Gasteiger partial charge in [-0.05, 0) is 18.1 Å². The van der Waals surface area contributed by atoms with Crippen molar-refractivity contribution in [2.75, 3.05) is 6.54 Å². The van der Waals surface area contributed by atoms with Crippen LogP contribution in [-0.4, -0.2) is 28.6 Å². The third-order valence-corrected chi connectivity index (χ3v) is 4.33. The van der Waals surface area contributed by atoms with E-state index in [2.05, 4.69) is 26.2 Å². The first-order valence-electron chi connectivity index (χ1n) is 6.76. The number of amides is 1. The Morgan fingerprint density at radius 2 is 2.25 bits per heavy atom. The number of carbonyl (C=O) groups excluding carboxylic acids is 1. The molecule has 0 saturated heterocycles. The standard InChI is InChI=1S/C15H19BrN2O2/c1-3-9(2)13(19)8-18-15(20)10-7-17-12-6-4-5-11(16)14(10)12/h4-7,9,13,17,19H,3,8H2,1-2H3,(H,18,20). The summed E-state index contributed by atoms with van der Waals surface area (Å²) >= 11 is 3.46. The first kappa shape index (κ1) is 15.1. The maximum Gasteiger partial charge on any atom is 0.253 e. The summed E-state index contributed by atoms with van der Waals surface area (Å²) in [6.45, 7) is 4.26. The zero-order chi connectivity index (χ0) is 14.7. The van der Waals surface area contributed by atoms with Gasteiger partial charge < -0.3 is 15.4 Å². The van der Waals surface area contributed by atoms with Crippen molar-refractivity contribution in [1.29, 1.82) is 0 Å². The zero-order valence-corrected chi connectivity index (χ0v) is 13.2. The lowest BCUT2D eigenvalue weighted by Crippen LogP contribution is -2.35. The predicted octanol–water partition coefficient (Wildman–Crippen LogP) is 3.07. The van der Waals surface area contributed by atoms with E-state index in [1.807, 2.05) is 32.0 Å². The number of aromatic nitrogens is 1. The molecule has 3 N–H and O–H groups in total. The highest BCUT2D eigenvalue weighted by molar-refractivity contribution is 9.10. The van der Waals surface area contributed by atoms with Crippen molar-refractivity contribution in [3.63, 3.8) is 0 Å². The average molecular weight is 339 g/mol. The van der Waals surface area contributed by atoms with Crippen molar-refractivity contribution in [2.24, 2.45) is 5.92 Å². The van der Waals surface area contributed by atoms with Gasteiger partial charge in [0.05, 0.1) is 11.7 Å². The first-order valence-corrected chi connectivity index (χ1v) is 7.55. The topological polar surface area (TPSA) is 65.1 Å². The summed E-state index contributed by atoms with van der Waals surface area (Å²) in [5.41, 5.74) is 1.50. The van der Waals surface area contributed by atoms with Gasteiger partial charge in [0.15, 0.2) is 0 Å². The molecule has 0 radical (unpaired) electrons. The number of hydrogen-bond acceptors (Lipinski definition) is 2. The van der Waals surface area contributed by atoms with E-state index in [0.717, 1.165) is 21.8 Å². The van der Waals surface area contributed by atoms with Crippen LogP contribution in [0.1, 0.15) is 30.6 Å². The van der Waals surface area contributed by atoms with Gasteiger partial charge in [0.2, 0.25) is 0 Å². The second-order valence-electron chi connectivity index (χ2n) is 5.03. The van der Waals surface area contributed by atoms with E-state index in [1.54, 1.807) is 6.20 Å². The summed E-state index contributed by atoms with van der Waals surface area (Å²) in [7, 11) is 0. The minimum Gasteiger partial charge on any atom is -0.391 e. The minimum atomic E-state index is -0.516. The van der Waals surface area contributed by atoms with E-state index in [9.17, 15) is 9.90 Å². The van der Waals surface area contributed by atoms with Gasteiger partial charge in [-0.3, -0.25) is 4.79 Å². The van der Waals surface area contributed by atoms with Crippen molar-refractivity contribution in [3.8, 4) is 0 Å². The fourth-order valence-electron chi connectivity index (χ4n) is 2.09. The molecule has 2 unspecified atom stereocenters. The van der Waals surface area contributed by atoms with Crippen molar-refractivity contribution < 1.29 is 9.90 Å². The lowest BCUT2D eigenvalue weighted by atomic mass is 10.0. The van der Waals surface area contributed by atoms with Crippen LogP contribution < -0.4 is 5.32 Å². The van der Waals surface area contributed by atoms with Crippen LogP contribution in [0, 0.1) is 5.92 Å². The quantitative estimate of drug-likeness (QED) is 0.784. The Labute approximate surface area is 126 Å². The second kappa shape index (κ2) is 6.41. The molecule has 4 nitrogen and oxygen atoms in total. The van der Waals surface area contributed by atoms with E-state index >= 15 is 0 Å². The summed E-state index contributed by atoms with van der Waals surface area (Å²) in [5, 5.41) is 13.6. The maximum absolute atomic E-state index is 12.2. The number of benzene rings is 1. The molecule has 1 amide bonds. The number of nitrogens with one attached hydrogen (secondary N) is 2. The van der Waals surface area contributed by atoms with Crippen LogP contribution >= 0.6 is 15.9 Å². The Bertz CT molecular complexity index is 609. The number of carbonyl (C=O) groups is 1. The van der Waals surface area contributed by atoms with Crippen LogP contribution in [-0.2, 0) is 0 Å². The van der Waals surface area contributed by atoms with Crippen LogP contribution in [0.2, 0.25) is 0 Å². The zero-order valence-electron chi connectivity index (χ0n) is 11.6. The van der Waals surface area contributed by atoms with Gasteiger partial charge in [-0.15, -0.1) is 0 Å². The monoisotopic (exact) mass is 338 g/mol. The van der Waals surface area contributed by atoms with E-state index in [0.29, 0.717) is 5.56 Å². The molecule has 2 atom stereocenters. The summed E-state index contributed by atoms with van der Waals surface area (Å²) in [4.78, 5) is 15.3. The highest BCUT2D eigenvalue weighted by Crippen LogP contribution is 2.26. The summed E-state index contributed by atoms with van der Waals surface area (Å²) < 4.78 is 0.879. The lowest BCUT2D eigenvalue weighted by Gasteiger charge is -2.17. The normalized spacial score (nSPS) is 14.2. The molecule has 1 aromatic carbocycles. The molecule has 1 aromatic heterocycles. The van der Waals surface area contributed by atoms with Crippen LogP contribution in [0.4, 0.5) is 0 Å². The molecule has 0 bridgehead atoms. The number of H-pyrrole nitrogens is 1. The van der Waals surface area contributed by atoms with Crippen LogP contribution in [0.3, 0.4) is 0 Å². The van der Waals surface area contributed by atoms with Crippen molar-refractivity contribution in [1.82, 2.24) is 10.3 Å². The fraction of sp³-hybridized carbons (Fsp3) is 0.400. The SMILES string of the molecule is CCC(C)C(O)CNC(=O)c1c[nH]c2cccc(Br)c12. The molecule has 5 heteroatoms. The largest absolute Gasteiger partial charge is 0.391 e. The summed E-state index contributed by atoms with van der Waals surface area (Å²) in [5.74, 6) is -0.00416. The van der Waals surface area contributed by atoms with Crippen molar-refractivity contribution in [3.05, 3.63) is 34.4 Å². The van der Waals surface area contributed by atoms with Crippen LogP contribution in [0.5, 0.6) is 0 Å². The lowest BCUT2D eigenvalue weighted by molar-refractivity contribution is 0.0851. The Kier molecular flexibility index (Phi) is 4.83. The minimum absolute atomic E-state index is 0.171. The number of hydrogen-bond donors (Lipinski definition) is 3. The maximum atomic E-state index is 12.2. The average Bonchev–Trinajstić information content (AvgIpc) is 2.89. The van der Waals surface area contributed by atoms with E-state index in [-0.39, 0.29) is 18.4 Å². The van der Waals surface area contributed by atoms with E-state index in [4.69, 9.17) is 0 Å². The second-order valence-corrected chi connectivity index (χ2v) is 5.88. The van der Waals surface area contributed by atoms with E-state index < -0.39 is 6.10 Å². The third kappa shape index (κ3) is 3.04. The molecule has 0 aliphatic heterocycles. The number of aliphatic hydroxyl groups excluding tert-OH is 1. The van der Waals surface area contributed by atoms with Gasteiger partial charge in [-0.1, -0.05) is 42.3 Å². The summed E-state index contributed by atoms with van der Waals surface area (Å²) in [6, 6.07) is 5.74. The Morgan fingerprint density at radius 3 is 2.95 bits per heavy atom. The van der Waals surface area contributed by atoms with Crippen LogP contribution in [0.25, 0.3) is 10.9 Å². The van der Waals surface area contributed by atoms with Crippen molar-refractivity contribution in [2.45, 2.75) is 26.4 Å². The number of aliphatic hydroxyl groups is 1. The number of rotatable bonds is 5. The molecule has 20 heavy (non-hydrogen) atoms. The molecule has 0 saturated carbocycles. The molecule has 2 rings (SSSR count). The molecule has 0 spiro atoms. The molecule has 0 aliphatic carbocycles. The predicted molar refractivity (Wildman–Crippen MR) is 83.8 cm³/mol. The molecule has 0 aliphatic rings. The van der Waals surface area contributed by atoms with Gasteiger partial charge in [0.1, 0.15) is 0 Å². The highest BCUT2D eigenvalue weighted by Gasteiger charge is 2.17. The summed E-state index contributed by atoms with van der Waals surface area (Å²) in [6.07, 6.45) is 2.06. The van der Waals surface area contributed by atoms with Crippen molar-refractivity contribution >= 4 is 32.7 Å². The number of halogens is 1. The number of aromatic amines is 1. The first-order chi connectivity index (χ1) is 9.54. The fourth-order valence-corrected chi connectivity index (χ4v) is 2.66. The Hall–Kier alpha value is -1.33. The molecule has 0 fully saturated rings. The van der Waals surface area contributed by atoms with Crippen LogP contribution in [0.15, 0.2) is 28.9 Å². The molecule has 1 heterocycles. The molecular weight excluding hydrogens is 320 g/mol. The highest BCUT2D eigenvalue weighted by atomic mass is 79.9.